The highest BCUT2D eigenvalue weighted by molar-refractivity contribution is 5.91. The number of aromatic nitrogens is 1. The van der Waals surface area contributed by atoms with E-state index in [2.05, 4.69) is 15.0 Å². The van der Waals surface area contributed by atoms with Gasteiger partial charge in [0.15, 0.2) is 0 Å². The summed E-state index contributed by atoms with van der Waals surface area (Å²) in [7, 11) is 1.16. The van der Waals surface area contributed by atoms with Gasteiger partial charge in [0, 0.05) is 6.54 Å². The van der Waals surface area contributed by atoms with Crippen LogP contribution < -0.4 is 5.32 Å². The van der Waals surface area contributed by atoms with Crippen LogP contribution in [0.4, 0.5) is 4.79 Å². The van der Waals surface area contributed by atoms with Crippen LogP contribution in [0.15, 0.2) is 12.1 Å². The van der Waals surface area contributed by atoms with Gasteiger partial charge in [0.05, 0.1) is 7.11 Å². The third-order valence-corrected chi connectivity index (χ3v) is 2.33. The fourth-order valence-corrected chi connectivity index (χ4v) is 1.50. The number of methoxy groups -OCH3 is 1. The molecule has 0 aromatic carbocycles. The molecular weight excluding hydrogens is 292 g/mol. The Morgan fingerprint density at radius 2 is 1.82 bits per heavy atom. The van der Waals surface area contributed by atoms with Crippen molar-refractivity contribution in [2.45, 2.75) is 32.9 Å². The lowest BCUT2D eigenvalue weighted by Crippen LogP contribution is -2.32. The molecule has 0 radical (unpaired) electrons. The molecule has 0 bridgehead atoms. The fraction of sp³-hybridized carbons (Fsp3) is 0.429. The van der Waals surface area contributed by atoms with Crippen molar-refractivity contribution >= 4 is 18.0 Å². The molecule has 0 saturated carbocycles. The van der Waals surface area contributed by atoms with E-state index in [1.807, 2.05) is 0 Å². The zero-order valence-corrected chi connectivity index (χ0v) is 12.8. The SMILES string of the molecule is COC(=O)c1cc(CNC(=O)OC(C)(C)C)cc(C(=O)O)n1. The van der Waals surface area contributed by atoms with Crippen LogP contribution in [0.5, 0.6) is 0 Å². The molecular formula is C14H18N2O6. The molecule has 1 amide bonds. The Kier molecular flexibility index (Phi) is 5.44. The second kappa shape index (κ2) is 6.88. The standard InChI is InChI=1S/C14H18N2O6/c1-14(2,3)22-13(20)15-7-8-5-9(11(17)18)16-10(6-8)12(19)21-4/h5-6H,7H2,1-4H3,(H,15,20)(H,17,18). The van der Waals surface area contributed by atoms with Crippen molar-refractivity contribution in [3.8, 4) is 0 Å². The highest BCUT2D eigenvalue weighted by Crippen LogP contribution is 2.10. The molecule has 8 nitrogen and oxygen atoms in total. The van der Waals surface area contributed by atoms with Gasteiger partial charge in [-0.25, -0.2) is 19.4 Å². The molecule has 1 aromatic heterocycles. The summed E-state index contributed by atoms with van der Waals surface area (Å²) in [6.07, 6.45) is -0.652. The number of carbonyl (C=O) groups is 3. The molecule has 0 unspecified atom stereocenters. The Labute approximate surface area is 127 Å². The van der Waals surface area contributed by atoms with Crippen molar-refractivity contribution in [1.82, 2.24) is 10.3 Å². The monoisotopic (exact) mass is 310 g/mol. The van der Waals surface area contributed by atoms with E-state index in [0.29, 0.717) is 5.56 Å². The molecule has 0 atom stereocenters. The number of amides is 1. The van der Waals surface area contributed by atoms with Crippen LogP contribution in [0.2, 0.25) is 0 Å². The van der Waals surface area contributed by atoms with Crippen molar-refractivity contribution in [3.63, 3.8) is 0 Å². The van der Waals surface area contributed by atoms with E-state index in [1.54, 1.807) is 20.8 Å². The summed E-state index contributed by atoms with van der Waals surface area (Å²) in [5, 5.41) is 11.5. The van der Waals surface area contributed by atoms with Crippen LogP contribution in [-0.2, 0) is 16.0 Å². The van der Waals surface area contributed by atoms with Gasteiger partial charge in [0.2, 0.25) is 0 Å². The first kappa shape index (κ1) is 17.4. The number of carboxylic acids is 1. The molecule has 0 aliphatic carbocycles. The largest absolute Gasteiger partial charge is 0.477 e. The van der Waals surface area contributed by atoms with Crippen molar-refractivity contribution in [2.75, 3.05) is 7.11 Å². The van der Waals surface area contributed by atoms with Crippen molar-refractivity contribution in [1.29, 1.82) is 0 Å². The number of hydrogen-bond acceptors (Lipinski definition) is 6. The summed E-state index contributed by atoms with van der Waals surface area (Å²) in [5.74, 6) is -2.05. The van der Waals surface area contributed by atoms with Gasteiger partial charge in [-0.3, -0.25) is 0 Å². The van der Waals surface area contributed by atoms with Crippen LogP contribution in [0.1, 0.15) is 47.3 Å². The lowest BCUT2D eigenvalue weighted by molar-refractivity contribution is 0.0522. The average molecular weight is 310 g/mol. The second-order valence-electron chi connectivity index (χ2n) is 5.40. The summed E-state index contributed by atoms with van der Waals surface area (Å²) in [6.45, 7) is 5.15. The van der Waals surface area contributed by atoms with Crippen LogP contribution in [-0.4, -0.2) is 40.8 Å². The van der Waals surface area contributed by atoms with Gasteiger partial charge < -0.3 is 19.9 Å². The molecule has 120 valence electrons. The van der Waals surface area contributed by atoms with E-state index in [1.165, 1.54) is 12.1 Å². The molecule has 0 aliphatic rings. The minimum absolute atomic E-state index is 0.0122. The van der Waals surface area contributed by atoms with Gasteiger partial charge in [-0.05, 0) is 38.5 Å². The summed E-state index contributed by atoms with van der Waals surface area (Å²) < 4.78 is 9.57. The van der Waals surface area contributed by atoms with Crippen molar-refractivity contribution in [2.24, 2.45) is 0 Å². The van der Waals surface area contributed by atoms with E-state index >= 15 is 0 Å². The summed E-state index contributed by atoms with van der Waals surface area (Å²) >= 11 is 0. The van der Waals surface area contributed by atoms with Gasteiger partial charge in [-0.2, -0.15) is 0 Å². The van der Waals surface area contributed by atoms with Gasteiger partial charge >= 0.3 is 18.0 Å². The Balaban J connectivity index is 2.90. The van der Waals surface area contributed by atoms with Gasteiger partial charge in [0.25, 0.3) is 0 Å². The van der Waals surface area contributed by atoms with E-state index in [0.717, 1.165) is 7.11 Å². The number of carbonyl (C=O) groups excluding carboxylic acids is 2. The predicted octanol–water partition coefficient (Wildman–Crippen LogP) is 1.59. The van der Waals surface area contributed by atoms with E-state index in [9.17, 15) is 14.4 Å². The number of nitrogens with zero attached hydrogens (tertiary/aromatic N) is 1. The highest BCUT2D eigenvalue weighted by Gasteiger charge is 2.17. The lowest BCUT2D eigenvalue weighted by Gasteiger charge is -2.19. The highest BCUT2D eigenvalue weighted by atomic mass is 16.6. The Morgan fingerprint density at radius 1 is 1.23 bits per heavy atom. The first-order valence-electron chi connectivity index (χ1n) is 6.42. The maximum absolute atomic E-state index is 11.6. The minimum atomic E-state index is -1.29. The Hall–Kier alpha value is -2.64. The number of ether oxygens (including phenoxy) is 2. The molecule has 2 N–H and O–H groups in total. The zero-order valence-electron chi connectivity index (χ0n) is 12.8. The van der Waals surface area contributed by atoms with E-state index in [-0.39, 0.29) is 17.9 Å². The number of nitrogens with one attached hydrogen (secondary N) is 1. The molecule has 0 fully saturated rings. The molecule has 8 heteroatoms. The van der Waals surface area contributed by atoms with Crippen LogP contribution in [0, 0.1) is 0 Å². The molecule has 1 aromatic rings. The van der Waals surface area contributed by atoms with Gasteiger partial charge in [-0.1, -0.05) is 0 Å². The van der Waals surface area contributed by atoms with Gasteiger partial charge in [-0.15, -0.1) is 0 Å². The number of alkyl carbamates (subject to hydrolysis) is 1. The molecule has 0 saturated heterocycles. The molecule has 0 spiro atoms. The van der Waals surface area contributed by atoms with Crippen molar-refractivity contribution < 1.29 is 29.0 Å². The third-order valence-electron chi connectivity index (χ3n) is 2.33. The number of carboxylic acid groups (broad SMARTS) is 1. The number of rotatable bonds is 4. The summed E-state index contributed by atoms with van der Waals surface area (Å²) in [5.41, 5.74) is -0.725. The first-order chi connectivity index (χ1) is 10.1. The third kappa shape index (κ3) is 5.39. The summed E-state index contributed by atoms with van der Waals surface area (Å²) in [6, 6.07) is 2.60. The van der Waals surface area contributed by atoms with E-state index < -0.39 is 23.6 Å². The van der Waals surface area contributed by atoms with Gasteiger partial charge in [0.1, 0.15) is 17.0 Å². The van der Waals surface area contributed by atoms with Crippen LogP contribution in [0.3, 0.4) is 0 Å². The maximum atomic E-state index is 11.6. The number of pyridine rings is 1. The lowest BCUT2D eigenvalue weighted by atomic mass is 10.2. The molecule has 1 heterocycles. The molecule has 22 heavy (non-hydrogen) atoms. The van der Waals surface area contributed by atoms with Crippen LogP contribution >= 0.6 is 0 Å². The van der Waals surface area contributed by atoms with Crippen LogP contribution in [0.25, 0.3) is 0 Å². The Morgan fingerprint density at radius 3 is 2.32 bits per heavy atom. The smallest absolute Gasteiger partial charge is 0.407 e. The quantitative estimate of drug-likeness (QED) is 0.811. The number of aromatic carboxylic acids is 1. The predicted molar refractivity (Wildman–Crippen MR) is 75.6 cm³/mol. The topological polar surface area (TPSA) is 115 Å². The molecule has 1 rings (SSSR count). The molecule has 0 aliphatic heterocycles. The minimum Gasteiger partial charge on any atom is -0.477 e. The second-order valence-corrected chi connectivity index (χ2v) is 5.40. The average Bonchev–Trinajstić information content (AvgIpc) is 2.42. The normalized spacial score (nSPS) is 10.7. The summed E-state index contributed by atoms with van der Waals surface area (Å²) in [4.78, 5) is 37.7. The number of esters is 1. The first-order valence-corrected chi connectivity index (χ1v) is 6.42. The Bertz CT molecular complexity index is 591. The zero-order chi connectivity index (χ0) is 16.9. The van der Waals surface area contributed by atoms with E-state index in [4.69, 9.17) is 9.84 Å². The number of hydrogen-bond donors (Lipinski definition) is 2. The fourth-order valence-electron chi connectivity index (χ4n) is 1.50. The van der Waals surface area contributed by atoms with Crippen molar-refractivity contribution in [3.05, 3.63) is 29.1 Å². The maximum Gasteiger partial charge on any atom is 0.407 e.